The molecule has 0 bridgehead atoms. The van der Waals surface area contributed by atoms with Gasteiger partial charge in [-0.3, -0.25) is 4.79 Å². The Hall–Kier alpha value is -3.04. The number of aromatic nitrogens is 2. The Morgan fingerprint density at radius 1 is 0.968 bits per heavy atom. The fourth-order valence-electron chi connectivity index (χ4n) is 3.53. The molecule has 0 N–H and O–H groups in total. The molecule has 162 valence electrons. The first-order valence-electron chi connectivity index (χ1n) is 9.94. The molecule has 0 unspecified atom stereocenters. The van der Waals surface area contributed by atoms with Crippen molar-refractivity contribution < 1.29 is 17.6 Å². The largest absolute Gasteiger partial charge is 0.335 e. The number of benzene rings is 2. The molecule has 1 saturated heterocycles. The van der Waals surface area contributed by atoms with E-state index in [9.17, 15) is 17.6 Å². The molecule has 0 radical (unpaired) electrons. The molecule has 9 heteroatoms. The third-order valence-corrected chi connectivity index (χ3v) is 7.44. The molecular weight excluding hydrogens is 419 g/mol. The molecule has 4 rings (SSSR count). The molecule has 0 saturated carbocycles. The number of halogens is 1. The molecule has 2 aromatic carbocycles. The zero-order valence-electron chi connectivity index (χ0n) is 17.3. The van der Waals surface area contributed by atoms with Crippen molar-refractivity contribution in [1.29, 1.82) is 0 Å². The van der Waals surface area contributed by atoms with Crippen LogP contribution in [0.1, 0.15) is 21.6 Å². The van der Waals surface area contributed by atoms with Gasteiger partial charge in [0.05, 0.1) is 4.90 Å². The normalized spacial score (nSPS) is 15.3. The predicted molar refractivity (Wildman–Crippen MR) is 114 cm³/mol. The first-order chi connectivity index (χ1) is 14.8. The smallest absolute Gasteiger partial charge is 0.274 e. The van der Waals surface area contributed by atoms with Crippen LogP contribution in [0.3, 0.4) is 0 Å². The lowest BCUT2D eigenvalue weighted by atomic mass is 10.1. The number of carbonyl (C=O) groups excluding carboxylic acids is 1. The van der Waals surface area contributed by atoms with Crippen molar-refractivity contribution >= 4 is 15.9 Å². The molecule has 0 spiro atoms. The summed E-state index contributed by atoms with van der Waals surface area (Å²) in [5.74, 6) is -0.743. The maximum atomic E-state index is 14.0. The first-order valence-corrected chi connectivity index (χ1v) is 11.4. The van der Waals surface area contributed by atoms with Crippen molar-refractivity contribution in [2.24, 2.45) is 0 Å². The minimum atomic E-state index is -3.62. The number of amides is 1. The van der Waals surface area contributed by atoms with Gasteiger partial charge >= 0.3 is 0 Å². The molecule has 1 aliphatic heterocycles. The molecule has 31 heavy (non-hydrogen) atoms. The quantitative estimate of drug-likeness (QED) is 0.623. The molecule has 3 aromatic rings. The highest BCUT2D eigenvalue weighted by Gasteiger charge is 2.31. The molecule has 1 fully saturated rings. The number of hydrogen-bond donors (Lipinski definition) is 0. The molecular formula is C22H23FN4O3S. The molecule has 0 aliphatic carbocycles. The van der Waals surface area contributed by atoms with E-state index in [-0.39, 0.29) is 48.4 Å². The van der Waals surface area contributed by atoms with E-state index in [4.69, 9.17) is 0 Å². The highest BCUT2D eigenvalue weighted by atomic mass is 32.2. The average molecular weight is 443 g/mol. The standard InChI is InChI=1S/C22H23FN4O3S/c1-16-7-8-18(15-17(16)2)31(29,30)26-13-11-25(12-14-26)22(28)20-9-10-27(24-20)21-6-4-3-5-19(21)23/h3-10,15H,11-14H2,1-2H3. The number of carbonyl (C=O) groups is 1. The van der Waals surface area contributed by atoms with E-state index in [2.05, 4.69) is 5.10 Å². The fraction of sp³-hybridized carbons (Fsp3) is 0.273. The van der Waals surface area contributed by atoms with Crippen LogP contribution in [0.15, 0.2) is 59.6 Å². The summed E-state index contributed by atoms with van der Waals surface area (Å²) in [7, 11) is -3.62. The zero-order valence-corrected chi connectivity index (χ0v) is 18.1. The SMILES string of the molecule is Cc1ccc(S(=O)(=O)N2CCN(C(=O)c3ccn(-c4ccccc4F)n3)CC2)cc1C. The van der Waals surface area contributed by atoms with Crippen molar-refractivity contribution in [2.75, 3.05) is 26.2 Å². The van der Waals surface area contributed by atoms with Gasteiger partial charge in [0.25, 0.3) is 5.91 Å². The molecule has 1 aliphatic rings. The van der Waals surface area contributed by atoms with Gasteiger partial charge in [0.2, 0.25) is 10.0 Å². The Morgan fingerprint density at radius 3 is 2.35 bits per heavy atom. The summed E-state index contributed by atoms with van der Waals surface area (Å²) in [6.45, 7) is 4.74. The van der Waals surface area contributed by atoms with E-state index in [0.29, 0.717) is 0 Å². The Kier molecular flexibility index (Phi) is 5.63. The Labute approximate surface area is 180 Å². The van der Waals surface area contributed by atoms with Crippen LogP contribution in [-0.2, 0) is 10.0 Å². The van der Waals surface area contributed by atoms with Crippen LogP contribution >= 0.6 is 0 Å². The number of sulfonamides is 1. The van der Waals surface area contributed by atoms with Gasteiger partial charge in [-0.25, -0.2) is 17.5 Å². The first kappa shape index (κ1) is 21.2. The highest BCUT2D eigenvalue weighted by Crippen LogP contribution is 2.21. The van der Waals surface area contributed by atoms with Crippen LogP contribution in [0.2, 0.25) is 0 Å². The van der Waals surface area contributed by atoms with Gasteiger partial charge in [0.15, 0.2) is 5.69 Å². The monoisotopic (exact) mass is 442 g/mol. The van der Waals surface area contributed by atoms with Crippen LogP contribution in [-0.4, -0.2) is 59.5 Å². The van der Waals surface area contributed by atoms with Gasteiger partial charge in [0, 0.05) is 32.4 Å². The van der Waals surface area contributed by atoms with E-state index >= 15 is 0 Å². The number of rotatable bonds is 4. The molecule has 7 nitrogen and oxygen atoms in total. The van der Waals surface area contributed by atoms with Crippen LogP contribution in [0, 0.1) is 19.7 Å². The summed E-state index contributed by atoms with van der Waals surface area (Å²) >= 11 is 0. The van der Waals surface area contributed by atoms with Gasteiger partial charge in [-0.2, -0.15) is 9.40 Å². The van der Waals surface area contributed by atoms with Crippen molar-refractivity contribution in [3.05, 3.63) is 77.4 Å². The maximum absolute atomic E-state index is 14.0. The van der Waals surface area contributed by atoms with Crippen LogP contribution in [0.4, 0.5) is 4.39 Å². The van der Waals surface area contributed by atoms with Gasteiger partial charge in [-0.1, -0.05) is 18.2 Å². The third-order valence-electron chi connectivity index (χ3n) is 5.55. The van der Waals surface area contributed by atoms with E-state index < -0.39 is 15.8 Å². The van der Waals surface area contributed by atoms with E-state index in [0.717, 1.165) is 11.1 Å². The molecule has 1 amide bonds. The second-order valence-electron chi connectivity index (χ2n) is 7.54. The Morgan fingerprint density at radius 2 is 1.68 bits per heavy atom. The average Bonchev–Trinajstić information content (AvgIpc) is 3.25. The second kappa shape index (κ2) is 8.24. The topological polar surface area (TPSA) is 75.5 Å². The molecule has 1 aromatic heterocycles. The summed E-state index contributed by atoms with van der Waals surface area (Å²) in [6, 6.07) is 12.8. The lowest BCUT2D eigenvalue weighted by Crippen LogP contribution is -2.50. The van der Waals surface area contributed by atoms with E-state index in [1.54, 1.807) is 41.3 Å². The van der Waals surface area contributed by atoms with Crippen molar-refractivity contribution in [3.63, 3.8) is 0 Å². The Balaban J connectivity index is 1.45. The summed E-state index contributed by atoms with van der Waals surface area (Å²) < 4.78 is 42.6. The molecule has 2 heterocycles. The summed E-state index contributed by atoms with van der Waals surface area (Å²) in [4.78, 5) is 14.7. The van der Waals surface area contributed by atoms with Gasteiger partial charge < -0.3 is 4.90 Å². The van der Waals surface area contributed by atoms with Crippen LogP contribution < -0.4 is 0 Å². The second-order valence-corrected chi connectivity index (χ2v) is 9.48. The minimum Gasteiger partial charge on any atom is -0.335 e. The zero-order chi connectivity index (χ0) is 22.2. The summed E-state index contributed by atoms with van der Waals surface area (Å²) in [6.07, 6.45) is 1.53. The highest BCUT2D eigenvalue weighted by molar-refractivity contribution is 7.89. The van der Waals surface area contributed by atoms with Gasteiger partial charge in [0.1, 0.15) is 11.5 Å². The van der Waals surface area contributed by atoms with E-state index in [1.807, 2.05) is 13.8 Å². The third kappa shape index (κ3) is 4.11. The molecule has 0 atom stereocenters. The van der Waals surface area contributed by atoms with Gasteiger partial charge in [-0.15, -0.1) is 0 Å². The maximum Gasteiger partial charge on any atom is 0.274 e. The number of para-hydroxylation sites is 1. The minimum absolute atomic E-state index is 0.189. The number of hydrogen-bond acceptors (Lipinski definition) is 4. The van der Waals surface area contributed by atoms with Crippen molar-refractivity contribution in [2.45, 2.75) is 18.7 Å². The number of nitrogens with zero attached hydrogens (tertiary/aromatic N) is 4. The van der Waals surface area contributed by atoms with Crippen molar-refractivity contribution in [3.8, 4) is 5.69 Å². The Bertz CT molecular complexity index is 1230. The number of piperazine rings is 1. The fourth-order valence-corrected chi connectivity index (χ4v) is 5.03. The van der Waals surface area contributed by atoms with Crippen LogP contribution in [0.25, 0.3) is 5.69 Å². The predicted octanol–water partition coefficient (Wildman–Crippen LogP) is 2.77. The number of aryl methyl sites for hydroxylation is 2. The van der Waals surface area contributed by atoms with Crippen molar-refractivity contribution in [1.82, 2.24) is 19.0 Å². The lowest BCUT2D eigenvalue weighted by Gasteiger charge is -2.33. The van der Waals surface area contributed by atoms with Crippen LogP contribution in [0.5, 0.6) is 0 Å². The summed E-state index contributed by atoms with van der Waals surface area (Å²) in [5, 5.41) is 4.20. The lowest BCUT2D eigenvalue weighted by molar-refractivity contribution is 0.0691. The van der Waals surface area contributed by atoms with Gasteiger partial charge in [-0.05, 0) is 55.3 Å². The summed E-state index contributed by atoms with van der Waals surface area (Å²) in [5.41, 5.74) is 2.39. The van der Waals surface area contributed by atoms with E-state index in [1.165, 1.54) is 27.3 Å².